The molecule has 2 aromatic rings. The lowest BCUT2D eigenvalue weighted by Crippen LogP contribution is -2.40. The number of thiazole rings is 1. The minimum absolute atomic E-state index is 0.295. The van der Waals surface area contributed by atoms with E-state index in [-0.39, 0.29) is 0 Å². The van der Waals surface area contributed by atoms with Gasteiger partial charge in [-0.2, -0.15) is 11.3 Å². The first-order chi connectivity index (χ1) is 11.3. The summed E-state index contributed by atoms with van der Waals surface area (Å²) in [5.74, 6) is 0. The summed E-state index contributed by atoms with van der Waals surface area (Å²) in [6.45, 7) is 8.30. The normalized spacial score (nSPS) is 26.8. The lowest BCUT2D eigenvalue weighted by Gasteiger charge is -2.31. The van der Waals surface area contributed by atoms with Crippen LogP contribution in [0.15, 0.2) is 28.4 Å². The summed E-state index contributed by atoms with van der Waals surface area (Å²) in [5.41, 5.74) is 1.73. The minimum atomic E-state index is 0.295. The van der Waals surface area contributed by atoms with Crippen molar-refractivity contribution in [2.75, 3.05) is 39.4 Å². The molecule has 1 atom stereocenters. The average Bonchev–Trinajstić information content (AvgIpc) is 3.25. The number of likely N-dealkylation sites (tertiary alicyclic amines) is 1. The Balaban J connectivity index is 1.40. The van der Waals surface area contributed by atoms with E-state index in [1.165, 1.54) is 17.0 Å². The number of hydrogen-bond acceptors (Lipinski definition) is 6. The third kappa shape index (κ3) is 3.83. The first-order valence-corrected chi connectivity index (χ1v) is 10.1. The van der Waals surface area contributed by atoms with Crippen LogP contribution in [0.25, 0.3) is 0 Å². The summed E-state index contributed by atoms with van der Waals surface area (Å²) in [6.07, 6.45) is 3.14. The van der Waals surface area contributed by atoms with Crippen molar-refractivity contribution < 1.29 is 4.74 Å². The topological polar surface area (TPSA) is 28.6 Å². The van der Waals surface area contributed by atoms with E-state index in [0.717, 1.165) is 52.5 Å². The molecule has 4 heterocycles. The molecule has 23 heavy (non-hydrogen) atoms. The molecule has 0 saturated carbocycles. The fourth-order valence-corrected chi connectivity index (χ4v) is 5.11. The molecule has 0 amide bonds. The molecule has 2 aliphatic heterocycles. The highest BCUT2D eigenvalue weighted by Crippen LogP contribution is 2.34. The van der Waals surface area contributed by atoms with Crippen molar-refractivity contribution in [3.8, 4) is 0 Å². The van der Waals surface area contributed by atoms with Crippen LogP contribution in [-0.4, -0.2) is 54.2 Å². The molecule has 124 valence electrons. The Morgan fingerprint density at radius 2 is 2.09 bits per heavy atom. The van der Waals surface area contributed by atoms with Gasteiger partial charge in [-0.3, -0.25) is 9.80 Å². The molecule has 2 aliphatic rings. The summed E-state index contributed by atoms with van der Waals surface area (Å²) < 4.78 is 5.99. The third-order valence-corrected chi connectivity index (χ3v) is 6.36. The maximum atomic E-state index is 5.99. The number of hydrogen-bond donors (Lipinski definition) is 0. The van der Waals surface area contributed by atoms with E-state index in [1.54, 1.807) is 22.7 Å². The van der Waals surface area contributed by atoms with E-state index in [9.17, 15) is 0 Å². The Kier molecular flexibility index (Phi) is 4.78. The summed E-state index contributed by atoms with van der Waals surface area (Å²) >= 11 is 3.55. The van der Waals surface area contributed by atoms with Crippen molar-refractivity contribution in [1.82, 2.24) is 14.8 Å². The predicted molar refractivity (Wildman–Crippen MR) is 94.9 cm³/mol. The zero-order valence-electron chi connectivity index (χ0n) is 13.3. The molecule has 2 aromatic heterocycles. The van der Waals surface area contributed by atoms with Crippen LogP contribution in [0, 0.1) is 5.41 Å². The van der Waals surface area contributed by atoms with Crippen LogP contribution in [0.5, 0.6) is 0 Å². The van der Waals surface area contributed by atoms with Crippen LogP contribution in [-0.2, 0) is 17.8 Å². The third-order valence-electron chi connectivity index (χ3n) is 4.87. The van der Waals surface area contributed by atoms with Crippen molar-refractivity contribution in [2.24, 2.45) is 5.41 Å². The molecule has 0 aromatic carbocycles. The molecule has 0 bridgehead atoms. The Bertz CT molecular complexity index is 601. The van der Waals surface area contributed by atoms with Gasteiger partial charge in [-0.1, -0.05) is 0 Å². The Labute approximate surface area is 145 Å². The summed E-state index contributed by atoms with van der Waals surface area (Å²) in [5, 5.41) is 7.73. The molecule has 2 fully saturated rings. The van der Waals surface area contributed by atoms with Crippen molar-refractivity contribution in [3.05, 3.63) is 39.0 Å². The van der Waals surface area contributed by atoms with Gasteiger partial charge in [-0.05, 0) is 35.4 Å². The van der Waals surface area contributed by atoms with Gasteiger partial charge in [0.05, 0.1) is 19.8 Å². The van der Waals surface area contributed by atoms with E-state index in [1.807, 2.05) is 6.20 Å². The molecule has 0 radical (unpaired) electrons. The summed E-state index contributed by atoms with van der Waals surface area (Å²) in [6, 6.07) is 2.24. The van der Waals surface area contributed by atoms with Gasteiger partial charge < -0.3 is 4.74 Å². The van der Waals surface area contributed by atoms with Crippen molar-refractivity contribution in [1.29, 1.82) is 0 Å². The lowest BCUT2D eigenvalue weighted by molar-refractivity contribution is 0.0706. The molecule has 0 N–H and O–H groups in total. The van der Waals surface area contributed by atoms with Crippen molar-refractivity contribution in [3.63, 3.8) is 0 Å². The summed E-state index contributed by atoms with van der Waals surface area (Å²) in [7, 11) is 0. The fraction of sp³-hybridized carbons (Fsp3) is 0.588. The molecule has 0 aliphatic carbocycles. The predicted octanol–water partition coefficient (Wildman–Crippen LogP) is 2.93. The Hall–Kier alpha value is -0.790. The largest absolute Gasteiger partial charge is 0.379 e. The van der Waals surface area contributed by atoms with Gasteiger partial charge in [0, 0.05) is 43.2 Å². The first-order valence-electron chi connectivity index (χ1n) is 8.23. The number of nitrogens with zero attached hydrogens (tertiary/aromatic N) is 3. The van der Waals surface area contributed by atoms with Gasteiger partial charge in [-0.25, -0.2) is 4.98 Å². The molecule has 4 rings (SSSR count). The maximum Gasteiger partial charge on any atom is 0.107 e. The monoisotopic (exact) mass is 349 g/mol. The van der Waals surface area contributed by atoms with Gasteiger partial charge in [0.25, 0.3) is 0 Å². The second kappa shape index (κ2) is 6.99. The Morgan fingerprint density at radius 1 is 1.17 bits per heavy atom. The molecule has 4 nitrogen and oxygen atoms in total. The number of rotatable bonds is 4. The van der Waals surface area contributed by atoms with Crippen LogP contribution < -0.4 is 0 Å². The van der Waals surface area contributed by atoms with Crippen molar-refractivity contribution in [2.45, 2.75) is 19.5 Å². The molecular formula is C17H23N3OS2. The highest BCUT2D eigenvalue weighted by Gasteiger charge is 2.41. The first kappa shape index (κ1) is 15.7. The van der Waals surface area contributed by atoms with E-state index in [0.29, 0.717) is 5.41 Å². The van der Waals surface area contributed by atoms with Gasteiger partial charge in [0.2, 0.25) is 0 Å². The van der Waals surface area contributed by atoms with Gasteiger partial charge in [0.1, 0.15) is 5.01 Å². The quantitative estimate of drug-likeness (QED) is 0.849. The van der Waals surface area contributed by atoms with Crippen LogP contribution in [0.2, 0.25) is 0 Å². The van der Waals surface area contributed by atoms with Crippen molar-refractivity contribution >= 4 is 22.7 Å². The van der Waals surface area contributed by atoms with E-state index < -0.39 is 0 Å². The van der Waals surface area contributed by atoms with E-state index in [4.69, 9.17) is 4.74 Å². The average molecular weight is 350 g/mol. The highest BCUT2D eigenvalue weighted by molar-refractivity contribution is 7.09. The molecule has 1 spiro atoms. The lowest BCUT2D eigenvalue weighted by atomic mass is 9.87. The minimum Gasteiger partial charge on any atom is -0.379 e. The van der Waals surface area contributed by atoms with Crippen LogP contribution in [0.3, 0.4) is 0 Å². The van der Waals surface area contributed by atoms with Crippen LogP contribution in [0.4, 0.5) is 0 Å². The fourth-order valence-electron chi connectivity index (χ4n) is 3.79. The second-order valence-corrected chi connectivity index (χ2v) is 8.54. The number of aromatic nitrogens is 1. The van der Waals surface area contributed by atoms with Gasteiger partial charge in [0.15, 0.2) is 0 Å². The van der Waals surface area contributed by atoms with Crippen LogP contribution in [0.1, 0.15) is 17.0 Å². The van der Waals surface area contributed by atoms with Gasteiger partial charge >= 0.3 is 0 Å². The standard InChI is InChI=1S/C17H23N3OS2/c1-7-22-11-15(1)9-20-5-6-21-14-17(13-20)2-4-19(12-17)10-16-18-3-8-23-16/h1,3,7-8,11H,2,4-6,9-10,12-14H2. The number of ether oxygens (including phenoxy) is 1. The number of thiophene rings is 1. The highest BCUT2D eigenvalue weighted by atomic mass is 32.1. The SMILES string of the molecule is c1csc(CN2CCC3(COCCN(Cc4ccsc4)C3)C2)n1. The second-order valence-electron chi connectivity index (χ2n) is 6.78. The Morgan fingerprint density at radius 3 is 2.87 bits per heavy atom. The summed E-state index contributed by atoms with van der Waals surface area (Å²) in [4.78, 5) is 9.57. The molecular weight excluding hydrogens is 326 g/mol. The maximum absolute atomic E-state index is 5.99. The molecule has 6 heteroatoms. The van der Waals surface area contributed by atoms with Crippen LogP contribution >= 0.6 is 22.7 Å². The molecule has 2 saturated heterocycles. The zero-order chi connectivity index (χ0) is 15.5. The van der Waals surface area contributed by atoms with Gasteiger partial charge in [-0.15, -0.1) is 11.3 Å². The molecule has 1 unspecified atom stereocenters. The smallest absolute Gasteiger partial charge is 0.107 e. The zero-order valence-corrected chi connectivity index (χ0v) is 15.0. The van der Waals surface area contributed by atoms with E-state index >= 15 is 0 Å². The van der Waals surface area contributed by atoms with E-state index in [2.05, 4.69) is 37.0 Å².